The molecule has 4 aliphatic carbocycles. The number of fused-ring (bicyclic) bond motifs is 8. The van der Waals surface area contributed by atoms with E-state index >= 15 is 0 Å². The zero-order valence-electron chi connectivity index (χ0n) is 33.6. The number of unbranched alkanes of at least 4 members (excludes halogenated alkanes) is 3. The molecule has 2 aromatic rings. The van der Waals surface area contributed by atoms with E-state index in [-0.39, 0.29) is 16.4 Å². The summed E-state index contributed by atoms with van der Waals surface area (Å²) in [5.74, 6) is 2.20. The van der Waals surface area contributed by atoms with E-state index in [2.05, 4.69) is 166 Å². The fourth-order valence-electron chi connectivity index (χ4n) is 10.6. The van der Waals surface area contributed by atoms with Crippen molar-refractivity contribution in [2.24, 2.45) is 34.5 Å². The minimum atomic E-state index is -2.25. The molecule has 1 fully saturated rings. The number of hydrogen-bond donors (Lipinski definition) is 0. The van der Waals surface area contributed by atoms with Crippen molar-refractivity contribution in [3.63, 3.8) is 0 Å². The topological polar surface area (TPSA) is 12.5 Å². The molecule has 0 spiro atoms. The second kappa shape index (κ2) is 13.2. The van der Waals surface area contributed by atoms with Crippen molar-refractivity contribution >= 4 is 24.5 Å². The van der Waals surface area contributed by atoms with Crippen molar-refractivity contribution in [3.8, 4) is 0 Å². The van der Waals surface area contributed by atoms with Crippen LogP contribution in [-0.4, -0.2) is 27.3 Å². The zero-order valence-corrected chi connectivity index (χ0v) is 34.6. The fraction of sp³-hybridized carbons (Fsp3) is 0.542. The smallest absolute Gasteiger partial charge is 0.0892 e. The summed E-state index contributed by atoms with van der Waals surface area (Å²) in [7, 11) is 0.0923. The molecule has 272 valence electrons. The van der Waals surface area contributed by atoms with E-state index in [9.17, 15) is 0 Å². The molecule has 0 amide bonds. The fourth-order valence-corrected chi connectivity index (χ4v) is 16.6. The first-order valence-corrected chi connectivity index (χ1v) is 22.9. The first-order chi connectivity index (χ1) is 24.0. The largest absolute Gasteiger partial charge is 0.376 e. The number of benzene rings is 2. The van der Waals surface area contributed by atoms with E-state index < -0.39 is 8.07 Å². The Labute approximate surface area is 311 Å². The molecule has 0 radical (unpaired) electrons. The van der Waals surface area contributed by atoms with Crippen LogP contribution in [-0.2, 0) is 4.74 Å². The standard InChI is InChI=1S/C48H65NOSi/c1-46(2,3)32-24-26-34-35-27-25-33(47(4,5)6)31-40(35)44(39(34)30-32)51(11,29-19-13-12-18-28-50-48(7,8)9)45-37-21-15-14-20-36(37)43-42(45)38-22-16-17-23-41(38)49(43)10/h14-17,20-27,30-31,34-35,39-40,43-44H,12-13,18-19,28-29H2,1-11H3. The number of likely N-dealkylation sites (N-methyl/N-ethyl adjacent to an activating group) is 1. The molecule has 6 unspecified atom stereocenters. The molecule has 1 heterocycles. The van der Waals surface area contributed by atoms with Crippen LogP contribution in [0.5, 0.6) is 0 Å². The van der Waals surface area contributed by atoms with E-state index in [4.69, 9.17) is 4.74 Å². The van der Waals surface area contributed by atoms with Crippen LogP contribution in [0.4, 0.5) is 5.69 Å². The number of allylic oxidation sites excluding steroid dienone is 8. The first kappa shape index (κ1) is 36.5. The van der Waals surface area contributed by atoms with Crippen molar-refractivity contribution in [2.45, 2.75) is 118 Å². The molecule has 0 saturated heterocycles. The van der Waals surface area contributed by atoms with E-state index in [0.717, 1.165) is 13.0 Å². The summed E-state index contributed by atoms with van der Waals surface area (Å²) >= 11 is 0. The van der Waals surface area contributed by atoms with Gasteiger partial charge in [0.2, 0.25) is 0 Å². The van der Waals surface area contributed by atoms with Gasteiger partial charge in [0.15, 0.2) is 0 Å². The number of nitrogens with zero attached hydrogens (tertiary/aromatic N) is 1. The van der Waals surface area contributed by atoms with Gasteiger partial charge < -0.3 is 9.64 Å². The second-order valence-corrected chi connectivity index (χ2v) is 24.2. The Morgan fingerprint density at radius 3 is 1.80 bits per heavy atom. The molecule has 2 nitrogen and oxygen atoms in total. The molecule has 0 bridgehead atoms. The van der Waals surface area contributed by atoms with Gasteiger partial charge in [-0.15, -0.1) is 0 Å². The van der Waals surface area contributed by atoms with Gasteiger partial charge in [0.1, 0.15) is 0 Å². The van der Waals surface area contributed by atoms with E-state index in [0.29, 0.717) is 35.3 Å². The summed E-state index contributed by atoms with van der Waals surface area (Å²) < 4.78 is 6.13. The lowest BCUT2D eigenvalue weighted by Crippen LogP contribution is -2.43. The third-order valence-corrected chi connectivity index (χ3v) is 18.4. The first-order valence-electron chi connectivity index (χ1n) is 20.1. The van der Waals surface area contributed by atoms with Gasteiger partial charge in [0.05, 0.1) is 19.7 Å². The quantitative estimate of drug-likeness (QED) is 0.191. The van der Waals surface area contributed by atoms with Crippen LogP contribution in [0.1, 0.15) is 111 Å². The van der Waals surface area contributed by atoms with Gasteiger partial charge in [-0.2, -0.15) is 0 Å². The Bertz CT molecular complexity index is 1750. The average molecular weight is 700 g/mol. The molecule has 1 saturated carbocycles. The summed E-state index contributed by atoms with van der Waals surface area (Å²) in [4.78, 5) is 2.59. The normalized spacial score (nSPS) is 27.8. The van der Waals surface area contributed by atoms with Crippen molar-refractivity contribution in [1.82, 2.24) is 0 Å². The summed E-state index contributed by atoms with van der Waals surface area (Å²) in [6.07, 6.45) is 20.8. The van der Waals surface area contributed by atoms with Crippen LogP contribution in [0.3, 0.4) is 0 Å². The molecule has 1 aliphatic heterocycles. The van der Waals surface area contributed by atoms with Crippen LogP contribution in [0.15, 0.2) is 96.1 Å². The number of ether oxygens (including phenoxy) is 1. The third-order valence-electron chi connectivity index (χ3n) is 13.1. The van der Waals surface area contributed by atoms with E-state index in [1.807, 2.05) is 0 Å². The van der Waals surface area contributed by atoms with Gasteiger partial charge in [-0.1, -0.05) is 152 Å². The molecule has 5 aliphatic rings. The highest BCUT2D eigenvalue weighted by molar-refractivity contribution is 6.98. The van der Waals surface area contributed by atoms with Crippen LogP contribution < -0.4 is 4.90 Å². The van der Waals surface area contributed by atoms with Crippen molar-refractivity contribution in [3.05, 3.63) is 113 Å². The molecule has 51 heavy (non-hydrogen) atoms. The van der Waals surface area contributed by atoms with Crippen LogP contribution >= 0.6 is 0 Å². The lowest BCUT2D eigenvalue weighted by atomic mass is 9.74. The molecule has 7 rings (SSSR count). The van der Waals surface area contributed by atoms with Gasteiger partial charge in [-0.05, 0) is 106 Å². The maximum absolute atomic E-state index is 6.13. The van der Waals surface area contributed by atoms with Crippen LogP contribution in [0.25, 0.3) is 10.8 Å². The minimum Gasteiger partial charge on any atom is -0.376 e. The van der Waals surface area contributed by atoms with Gasteiger partial charge in [-0.25, -0.2) is 0 Å². The second-order valence-electron chi connectivity index (χ2n) is 19.7. The Hall–Kier alpha value is -2.88. The Morgan fingerprint density at radius 2 is 1.22 bits per heavy atom. The Morgan fingerprint density at radius 1 is 0.667 bits per heavy atom. The SMILES string of the molecule is CN1c2ccccc2C2=C([Si](C)(CCCCCCOC(C)(C)C)C3C4C=C(C(C)(C)C)C=CC4C4C=CC(C(C)(C)C)=CC43)c3ccccc3C21. The van der Waals surface area contributed by atoms with Crippen LogP contribution in [0.2, 0.25) is 18.1 Å². The van der Waals surface area contributed by atoms with Crippen molar-refractivity contribution < 1.29 is 4.74 Å². The van der Waals surface area contributed by atoms with Crippen molar-refractivity contribution in [1.29, 1.82) is 0 Å². The number of rotatable bonds is 9. The van der Waals surface area contributed by atoms with E-state index in [1.54, 1.807) is 16.3 Å². The van der Waals surface area contributed by atoms with E-state index in [1.165, 1.54) is 53.3 Å². The Balaban J connectivity index is 1.39. The molecule has 6 atom stereocenters. The van der Waals surface area contributed by atoms with Gasteiger partial charge >= 0.3 is 0 Å². The summed E-state index contributed by atoms with van der Waals surface area (Å²) in [5.41, 5.74) is 11.5. The molecular weight excluding hydrogens is 635 g/mol. The third kappa shape index (κ3) is 6.54. The number of para-hydroxylation sites is 1. The molecule has 0 aromatic heterocycles. The molecule has 3 heteroatoms. The minimum absolute atomic E-state index is 0.0617. The highest BCUT2D eigenvalue weighted by Gasteiger charge is 2.59. The highest BCUT2D eigenvalue weighted by Crippen LogP contribution is 2.67. The lowest BCUT2D eigenvalue weighted by Gasteiger charge is -2.44. The van der Waals surface area contributed by atoms with Crippen molar-refractivity contribution in [2.75, 3.05) is 18.6 Å². The zero-order chi connectivity index (χ0) is 36.5. The predicted octanol–water partition coefficient (Wildman–Crippen LogP) is 13.0. The number of hydrogen-bond acceptors (Lipinski definition) is 2. The molecule has 2 aromatic carbocycles. The Kier molecular flexibility index (Phi) is 9.44. The summed E-state index contributed by atoms with van der Waals surface area (Å²) in [6, 6.07) is 20.5. The van der Waals surface area contributed by atoms with Gasteiger partial charge in [0.25, 0.3) is 0 Å². The summed E-state index contributed by atoms with van der Waals surface area (Å²) in [6.45, 7) is 24.7. The maximum atomic E-state index is 6.13. The molecule has 0 N–H and O–H groups in total. The van der Waals surface area contributed by atoms with Gasteiger partial charge in [0, 0.05) is 24.9 Å². The maximum Gasteiger partial charge on any atom is 0.0892 e. The monoisotopic (exact) mass is 699 g/mol. The number of anilines is 1. The highest BCUT2D eigenvalue weighted by atomic mass is 28.3. The predicted molar refractivity (Wildman–Crippen MR) is 223 cm³/mol. The average Bonchev–Trinajstić information content (AvgIpc) is 3.69. The summed E-state index contributed by atoms with van der Waals surface area (Å²) in [5, 5.41) is 1.78. The van der Waals surface area contributed by atoms with Gasteiger partial charge in [-0.3, -0.25) is 0 Å². The lowest BCUT2D eigenvalue weighted by molar-refractivity contribution is -0.00471. The van der Waals surface area contributed by atoms with Crippen LogP contribution in [0, 0.1) is 34.5 Å². The molecular formula is C48H65NOSi.